The molecule has 0 unspecified atom stereocenters. The number of hydrogen-bond donors (Lipinski definition) is 1. The van der Waals surface area contributed by atoms with Crippen LogP contribution in [0.25, 0.3) is 5.69 Å². The molecule has 0 aliphatic heterocycles. The van der Waals surface area contributed by atoms with Gasteiger partial charge in [0.1, 0.15) is 0 Å². The maximum absolute atomic E-state index is 12.7. The van der Waals surface area contributed by atoms with Gasteiger partial charge in [-0.25, -0.2) is 4.68 Å². The third-order valence-corrected chi connectivity index (χ3v) is 5.42. The smallest absolute Gasteiger partial charge is 0.244 e. The highest BCUT2D eigenvalue weighted by Crippen LogP contribution is 2.21. The minimum atomic E-state index is -0.249. The molecule has 1 aromatic heterocycles. The fourth-order valence-electron chi connectivity index (χ4n) is 3.09. The van der Waals surface area contributed by atoms with Crippen LogP contribution in [0.4, 0.5) is 5.69 Å². The summed E-state index contributed by atoms with van der Waals surface area (Å²) in [6.07, 6.45) is 0.198. The molecule has 3 rings (SSSR count). The zero-order chi connectivity index (χ0) is 21.0. The Balaban J connectivity index is 1.66. The van der Waals surface area contributed by atoms with Gasteiger partial charge in [-0.2, -0.15) is 5.10 Å². The molecule has 1 N–H and O–H groups in total. The number of halogens is 1. The number of carbonyl (C=O) groups excluding carboxylic acids is 2. The molecule has 0 atom stereocenters. The average Bonchev–Trinajstić information content (AvgIpc) is 2.98. The van der Waals surface area contributed by atoms with Gasteiger partial charge in [-0.3, -0.25) is 9.59 Å². The molecule has 6 nitrogen and oxygen atoms in total. The van der Waals surface area contributed by atoms with Gasteiger partial charge in [-0.15, -0.1) is 0 Å². The lowest BCUT2D eigenvalue weighted by atomic mass is 10.1. The minimum absolute atomic E-state index is 0.0227. The van der Waals surface area contributed by atoms with Gasteiger partial charge in [0.2, 0.25) is 11.8 Å². The van der Waals surface area contributed by atoms with E-state index in [0.717, 1.165) is 27.1 Å². The van der Waals surface area contributed by atoms with E-state index in [1.54, 1.807) is 13.1 Å². The third kappa shape index (κ3) is 4.92. The summed E-state index contributed by atoms with van der Waals surface area (Å²) < 4.78 is 2.64. The number of aromatic nitrogens is 2. The molecular formula is C22H23BrN4O2. The molecule has 0 saturated carbocycles. The summed E-state index contributed by atoms with van der Waals surface area (Å²) in [5, 5.41) is 7.39. The summed E-state index contributed by atoms with van der Waals surface area (Å²) in [5.74, 6) is -0.382. The van der Waals surface area contributed by atoms with E-state index in [-0.39, 0.29) is 24.8 Å². The Kier molecular flexibility index (Phi) is 6.49. The highest BCUT2D eigenvalue weighted by molar-refractivity contribution is 9.10. The molecule has 2 aromatic carbocycles. The van der Waals surface area contributed by atoms with Gasteiger partial charge in [0.25, 0.3) is 0 Å². The van der Waals surface area contributed by atoms with E-state index < -0.39 is 0 Å². The normalized spacial score (nSPS) is 10.6. The van der Waals surface area contributed by atoms with Gasteiger partial charge < -0.3 is 10.2 Å². The Labute approximate surface area is 178 Å². The number of amides is 2. The first-order chi connectivity index (χ1) is 13.9. The predicted octanol–water partition coefficient (Wildman–Crippen LogP) is 3.89. The van der Waals surface area contributed by atoms with E-state index in [0.29, 0.717) is 5.69 Å². The Hall–Kier alpha value is -2.93. The summed E-state index contributed by atoms with van der Waals surface area (Å²) in [6, 6.07) is 17.2. The first kappa shape index (κ1) is 20.8. The monoisotopic (exact) mass is 454 g/mol. The number of aryl methyl sites for hydroxylation is 1. The highest BCUT2D eigenvalue weighted by Gasteiger charge is 2.19. The molecule has 1 heterocycles. The minimum Gasteiger partial charge on any atom is -0.336 e. The first-order valence-electron chi connectivity index (χ1n) is 9.25. The Bertz CT molecular complexity index is 1030. The van der Waals surface area contributed by atoms with Crippen LogP contribution < -0.4 is 5.32 Å². The number of nitrogens with zero attached hydrogens (tertiary/aromatic N) is 3. The van der Waals surface area contributed by atoms with Crippen LogP contribution in [0, 0.1) is 13.8 Å². The van der Waals surface area contributed by atoms with Crippen LogP contribution in [0.3, 0.4) is 0 Å². The van der Waals surface area contributed by atoms with Crippen molar-refractivity contribution in [1.82, 2.24) is 14.7 Å². The number of rotatable bonds is 6. The van der Waals surface area contributed by atoms with Crippen LogP contribution in [0.15, 0.2) is 59.1 Å². The third-order valence-electron chi connectivity index (χ3n) is 4.72. The van der Waals surface area contributed by atoms with Crippen molar-refractivity contribution in [3.63, 3.8) is 0 Å². The van der Waals surface area contributed by atoms with Crippen molar-refractivity contribution in [1.29, 1.82) is 0 Å². The van der Waals surface area contributed by atoms with Crippen LogP contribution >= 0.6 is 15.9 Å². The summed E-state index contributed by atoms with van der Waals surface area (Å²) in [7, 11) is 1.63. The van der Waals surface area contributed by atoms with Crippen molar-refractivity contribution in [3.8, 4) is 5.69 Å². The Morgan fingerprint density at radius 3 is 2.41 bits per heavy atom. The summed E-state index contributed by atoms with van der Waals surface area (Å²) >= 11 is 3.40. The van der Waals surface area contributed by atoms with Crippen molar-refractivity contribution in [2.75, 3.05) is 18.9 Å². The molecule has 0 aliphatic carbocycles. The van der Waals surface area contributed by atoms with Gasteiger partial charge in [0, 0.05) is 22.8 Å². The van der Waals surface area contributed by atoms with Crippen LogP contribution in [-0.2, 0) is 16.0 Å². The highest BCUT2D eigenvalue weighted by atomic mass is 79.9. The second-order valence-corrected chi connectivity index (χ2v) is 7.71. The molecule has 0 fully saturated rings. The SMILES string of the molecule is Cc1nn(-c2ccccc2)c(C)c1CC(=O)N(C)CC(=O)Nc1ccccc1Br. The van der Waals surface area contributed by atoms with E-state index in [1.807, 2.05) is 67.1 Å². The molecule has 0 radical (unpaired) electrons. The topological polar surface area (TPSA) is 67.2 Å². The van der Waals surface area contributed by atoms with Gasteiger partial charge >= 0.3 is 0 Å². The lowest BCUT2D eigenvalue weighted by Crippen LogP contribution is -2.36. The standard InChI is InChI=1S/C22H23BrN4O2/c1-15-18(16(2)27(25-15)17-9-5-4-6-10-17)13-22(29)26(3)14-21(28)24-20-12-8-7-11-19(20)23/h4-12H,13-14H2,1-3H3,(H,24,28). The number of carbonyl (C=O) groups is 2. The molecule has 3 aromatic rings. The summed E-state index contributed by atoms with van der Waals surface area (Å²) in [6.45, 7) is 3.83. The lowest BCUT2D eigenvalue weighted by Gasteiger charge is -2.17. The van der Waals surface area contributed by atoms with E-state index in [9.17, 15) is 9.59 Å². The van der Waals surface area contributed by atoms with Crippen molar-refractivity contribution < 1.29 is 9.59 Å². The van der Waals surface area contributed by atoms with Crippen molar-refractivity contribution in [2.24, 2.45) is 0 Å². The lowest BCUT2D eigenvalue weighted by molar-refractivity contribution is -0.132. The van der Waals surface area contributed by atoms with E-state index in [2.05, 4.69) is 26.3 Å². The van der Waals surface area contributed by atoms with Gasteiger partial charge in [-0.1, -0.05) is 30.3 Å². The second-order valence-electron chi connectivity index (χ2n) is 6.85. The van der Waals surface area contributed by atoms with Gasteiger partial charge in [-0.05, 0) is 54.0 Å². The molecule has 150 valence electrons. The zero-order valence-corrected chi connectivity index (χ0v) is 18.2. The predicted molar refractivity (Wildman–Crippen MR) is 117 cm³/mol. The average molecular weight is 455 g/mol. The fourth-order valence-corrected chi connectivity index (χ4v) is 3.48. The number of nitrogens with one attached hydrogen (secondary N) is 1. The van der Waals surface area contributed by atoms with Crippen molar-refractivity contribution in [3.05, 3.63) is 76.0 Å². The molecule has 7 heteroatoms. The number of anilines is 1. The molecule has 0 bridgehead atoms. The van der Waals surface area contributed by atoms with Crippen LogP contribution in [0.2, 0.25) is 0 Å². The van der Waals surface area contributed by atoms with Gasteiger partial charge in [0.05, 0.1) is 30.0 Å². The zero-order valence-electron chi connectivity index (χ0n) is 16.6. The number of likely N-dealkylation sites (N-methyl/N-ethyl adjacent to an activating group) is 1. The van der Waals surface area contributed by atoms with Crippen LogP contribution in [-0.4, -0.2) is 40.1 Å². The van der Waals surface area contributed by atoms with Crippen LogP contribution in [0.1, 0.15) is 17.0 Å². The fraction of sp³-hybridized carbons (Fsp3) is 0.227. The van der Waals surface area contributed by atoms with Gasteiger partial charge in [0.15, 0.2) is 0 Å². The first-order valence-corrected chi connectivity index (χ1v) is 10.0. The number of para-hydroxylation sites is 2. The molecule has 29 heavy (non-hydrogen) atoms. The second kappa shape index (κ2) is 9.05. The summed E-state index contributed by atoms with van der Waals surface area (Å²) in [5.41, 5.74) is 4.25. The number of benzene rings is 2. The van der Waals surface area contributed by atoms with E-state index in [1.165, 1.54) is 4.90 Å². The quantitative estimate of drug-likeness (QED) is 0.614. The van der Waals surface area contributed by atoms with Crippen molar-refractivity contribution >= 4 is 33.4 Å². The molecule has 0 aliphatic rings. The number of hydrogen-bond acceptors (Lipinski definition) is 3. The molecular weight excluding hydrogens is 432 g/mol. The van der Waals surface area contributed by atoms with E-state index in [4.69, 9.17) is 0 Å². The molecule has 2 amide bonds. The largest absolute Gasteiger partial charge is 0.336 e. The molecule has 0 spiro atoms. The maximum Gasteiger partial charge on any atom is 0.244 e. The molecule has 0 saturated heterocycles. The Morgan fingerprint density at radius 2 is 1.72 bits per heavy atom. The van der Waals surface area contributed by atoms with E-state index >= 15 is 0 Å². The maximum atomic E-state index is 12.7. The Morgan fingerprint density at radius 1 is 1.07 bits per heavy atom. The summed E-state index contributed by atoms with van der Waals surface area (Å²) in [4.78, 5) is 26.5. The van der Waals surface area contributed by atoms with Crippen molar-refractivity contribution in [2.45, 2.75) is 20.3 Å². The van der Waals surface area contributed by atoms with Crippen LogP contribution in [0.5, 0.6) is 0 Å².